The van der Waals surface area contributed by atoms with Gasteiger partial charge in [0.05, 0.1) is 22.7 Å². The Kier molecular flexibility index (Phi) is 8.82. The highest BCUT2D eigenvalue weighted by Gasteiger charge is 2.17. The Labute approximate surface area is 252 Å². The third-order valence-electron chi connectivity index (χ3n) is 6.68. The molecule has 3 aromatic carbocycles. The Morgan fingerprint density at radius 3 is 2.23 bits per heavy atom. The molecule has 11 heteroatoms. The van der Waals surface area contributed by atoms with Crippen molar-refractivity contribution >= 4 is 28.4 Å². The van der Waals surface area contributed by atoms with Crippen LogP contribution in [-0.4, -0.2) is 42.6 Å². The number of ether oxygens (including phenoxy) is 1. The van der Waals surface area contributed by atoms with Gasteiger partial charge in [-0.3, -0.25) is 4.21 Å². The van der Waals surface area contributed by atoms with Crippen molar-refractivity contribution in [3.8, 4) is 34.0 Å². The molecule has 1 amide bonds. The quantitative estimate of drug-likeness (QED) is 0.198. The number of anilines is 2. The van der Waals surface area contributed by atoms with Crippen LogP contribution in [0, 0.1) is 0 Å². The predicted octanol–water partition coefficient (Wildman–Crippen LogP) is 5.91. The first-order valence-corrected chi connectivity index (χ1v) is 14.8. The molecule has 220 valence electrons. The second kappa shape index (κ2) is 12.9. The SMILES string of the molecule is CC(C)S(=O)c1ccc(-c2cnc(N)c(-c3cc(-c4ccc(CN(C)C(=O)OCc5ccc(N)cc5)cc4)no3)n2)cc1. The van der Waals surface area contributed by atoms with E-state index in [-0.39, 0.29) is 17.7 Å². The van der Waals surface area contributed by atoms with Gasteiger partial charge in [-0.25, -0.2) is 14.8 Å². The molecule has 0 radical (unpaired) electrons. The van der Waals surface area contributed by atoms with Gasteiger partial charge < -0.3 is 25.6 Å². The van der Waals surface area contributed by atoms with Gasteiger partial charge in [0, 0.05) is 46.6 Å². The second-order valence-corrected chi connectivity index (χ2v) is 12.3. The van der Waals surface area contributed by atoms with Gasteiger partial charge in [-0.05, 0) is 35.4 Å². The number of hydrogen-bond acceptors (Lipinski definition) is 9. The van der Waals surface area contributed by atoms with Crippen molar-refractivity contribution < 1.29 is 18.3 Å². The summed E-state index contributed by atoms with van der Waals surface area (Å²) in [6.07, 6.45) is 1.16. The van der Waals surface area contributed by atoms with Crippen LogP contribution in [0.25, 0.3) is 34.0 Å². The van der Waals surface area contributed by atoms with Crippen LogP contribution in [0.5, 0.6) is 0 Å². The highest BCUT2D eigenvalue weighted by molar-refractivity contribution is 7.85. The zero-order chi connectivity index (χ0) is 30.5. The maximum absolute atomic E-state index is 12.4. The second-order valence-electron chi connectivity index (χ2n) is 10.3. The first-order chi connectivity index (χ1) is 20.7. The van der Waals surface area contributed by atoms with Crippen LogP contribution in [0.2, 0.25) is 0 Å². The average Bonchev–Trinajstić information content (AvgIpc) is 3.51. The lowest BCUT2D eigenvalue weighted by molar-refractivity contribution is 0.103. The number of aromatic nitrogens is 3. The van der Waals surface area contributed by atoms with E-state index in [2.05, 4.69) is 15.1 Å². The molecule has 43 heavy (non-hydrogen) atoms. The Bertz CT molecular complexity index is 1740. The van der Waals surface area contributed by atoms with Crippen LogP contribution in [0.3, 0.4) is 0 Å². The number of hydrogen-bond donors (Lipinski definition) is 2. The van der Waals surface area contributed by atoms with E-state index >= 15 is 0 Å². The minimum atomic E-state index is -1.07. The Hall–Kier alpha value is -5.03. The number of nitrogens with zero attached hydrogens (tertiary/aromatic N) is 4. The molecule has 0 saturated heterocycles. The van der Waals surface area contributed by atoms with Gasteiger partial charge in [-0.1, -0.05) is 67.5 Å². The first-order valence-electron chi connectivity index (χ1n) is 13.6. The highest BCUT2D eigenvalue weighted by atomic mass is 32.2. The van der Waals surface area contributed by atoms with Gasteiger partial charge in [0.15, 0.2) is 17.3 Å². The summed E-state index contributed by atoms with van der Waals surface area (Å²) >= 11 is 0. The maximum atomic E-state index is 12.4. The van der Waals surface area contributed by atoms with Crippen molar-refractivity contribution in [2.45, 2.75) is 37.1 Å². The van der Waals surface area contributed by atoms with Crippen LogP contribution in [0.4, 0.5) is 16.3 Å². The molecule has 0 spiro atoms. The van der Waals surface area contributed by atoms with Gasteiger partial charge in [0.25, 0.3) is 0 Å². The fourth-order valence-corrected chi connectivity index (χ4v) is 5.21. The summed E-state index contributed by atoms with van der Waals surface area (Å²) in [6.45, 7) is 4.38. The van der Waals surface area contributed by atoms with Gasteiger partial charge in [0.2, 0.25) is 0 Å². The lowest BCUT2D eigenvalue weighted by Crippen LogP contribution is -2.26. The van der Waals surface area contributed by atoms with Crippen molar-refractivity contribution in [3.05, 3.63) is 96.2 Å². The maximum Gasteiger partial charge on any atom is 0.410 e. The molecule has 4 N–H and O–H groups in total. The molecule has 0 bridgehead atoms. The summed E-state index contributed by atoms with van der Waals surface area (Å²) in [4.78, 5) is 23.7. The predicted molar refractivity (Wildman–Crippen MR) is 167 cm³/mol. The normalized spacial score (nSPS) is 11.8. The number of carbonyl (C=O) groups excluding carboxylic acids is 1. The zero-order valence-electron chi connectivity index (χ0n) is 24.1. The van der Waals surface area contributed by atoms with Crippen LogP contribution >= 0.6 is 0 Å². The summed E-state index contributed by atoms with van der Waals surface area (Å²) in [5.41, 5.74) is 17.5. The van der Waals surface area contributed by atoms with Crippen molar-refractivity contribution in [1.29, 1.82) is 0 Å². The van der Waals surface area contributed by atoms with E-state index in [9.17, 15) is 9.00 Å². The molecular formula is C32H32N6O4S. The summed E-state index contributed by atoms with van der Waals surface area (Å²) in [5.74, 6) is 0.595. The highest BCUT2D eigenvalue weighted by Crippen LogP contribution is 2.30. The Morgan fingerprint density at radius 1 is 0.930 bits per heavy atom. The van der Waals surface area contributed by atoms with Gasteiger partial charge in [-0.2, -0.15) is 0 Å². The van der Waals surface area contributed by atoms with Crippen molar-refractivity contribution in [1.82, 2.24) is 20.0 Å². The standard InChI is InChI=1S/C32H32N6O4S/c1-20(2)43(40)26-14-10-24(11-15-26)28-17-35-31(34)30(36-28)29-16-27(37-42-29)23-8-4-21(5-9-23)18-38(3)32(39)41-19-22-6-12-25(33)13-7-22/h4-17,20H,18-19,33H2,1-3H3,(H2,34,35). The van der Waals surface area contributed by atoms with Crippen LogP contribution in [0.1, 0.15) is 25.0 Å². The molecule has 10 nitrogen and oxygen atoms in total. The first kappa shape index (κ1) is 29.5. The third-order valence-corrected chi connectivity index (χ3v) is 8.27. The molecule has 5 aromatic rings. The monoisotopic (exact) mass is 596 g/mol. The number of rotatable bonds is 9. The molecule has 0 aliphatic rings. The van der Waals surface area contributed by atoms with Gasteiger partial charge in [0.1, 0.15) is 12.3 Å². The fraction of sp³-hybridized carbons (Fsp3) is 0.188. The molecule has 2 aromatic heterocycles. The number of carbonyl (C=O) groups is 1. The molecule has 2 heterocycles. The van der Waals surface area contributed by atoms with E-state index in [1.54, 1.807) is 31.4 Å². The molecule has 0 saturated carbocycles. The topological polar surface area (TPSA) is 150 Å². The molecule has 0 aliphatic carbocycles. The van der Waals surface area contributed by atoms with Crippen molar-refractivity contribution in [2.24, 2.45) is 0 Å². The number of nitrogens with two attached hydrogens (primary N) is 2. The van der Waals surface area contributed by atoms with E-state index < -0.39 is 16.9 Å². The summed E-state index contributed by atoms with van der Waals surface area (Å²) < 4.78 is 23.4. The molecule has 5 rings (SSSR count). The van der Waals surface area contributed by atoms with Crippen molar-refractivity contribution in [3.63, 3.8) is 0 Å². The van der Waals surface area contributed by atoms with E-state index in [4.69, 9.17) is 20.7 Å². The van der Waals surface area contributed by atoms with E-state index in [0.717, 1.165) is 27.1 Å². The van der Waals surface area contributed by atoms with Crippen LogP contribution in [-0.2, 0) is 28.7 Å². The van der Waals surface area contributed by atoms with Crippen LogP contribution in [0.15, 0.2) is 94.5 Å². The lowest BCUT2D eigenvalue weighted by Gasteiger charge is -2.17. The van der Waals surface area contributed by atoms with E-state index in [1.165, 1.54) is 4.90 Å². The molecule has 1 unspecified atom stereocenters. The Balaban J connectivity index is 1.24. The number of benzene rings is 3. The molecular weight excluding hydrogens is 564 g/mol. The summed E-state index contributed by atoms with van der Waals surface area (Å²) in [7, 11) is 0.610. The lowest BCUT2D eigenvalue weighted by atomic mass is 10.1. The molecule has 0 fully saturated rings. The minimum Gasteiger partial charge on any atom is -0.445 e. The van der Waals surface area contributed by atoms with Gasteiger partial charge >= 0.3 is 6.09 Å². The third kappa shape index (κ3) is 7.07. The van der Waals surface area contributed by atoms with Gasteiger partial charge in [-0.15, -0.1) is 0 Å². The average molecular weight is 597 g/mol. The smallest absolute Gasteiger partial charge is 0.410 e. The van der Waals surface area contributed by atoms with E-state index in [0.29, 0.717) is 35.1 Å². The van der Waals surface area contributed by atoms with Crippen LogP contribution < -0.4 is 11.5 Å². The summed E-state index contributed by atoms with van der Waals surface area (Å²) in [6, 6.07) is 24.0. The summed E-state index contributed by atoms with van der Waals surface area (Å²) in [5, 5.41) is 4.24. The molecule has 1 atom stereocenters. The molecule has 0 aliphatic heterocycles. The Morgan fingerprint density at radius 2 is 1.56 bits per heavy atom. The minimum absolute atomic E-state index is 0.0299. The van der Waals surface area contributed by atoms with E-state index in [1.807, 2.05) is 74.5 Å². The van der Waals surface area contributed by atoms with Crippen molar-refractivity contribution in [2.75, 3.05) is 18.5 Å². The number of amides is 1. The fourth-order valence-electron chi connectivity index (χ4n) is 4.26. The number of nitrogen functional groups attached to an aromatic ring is 2. The largest absolute Gasteiger partial charge is 0.445 e. The zero-order valence-corrected chi connectivity index (χ0v) is 24.9.